The quantitative estimate of drug-likeness (QED) is 0.729. The van der Waals surface area contributed by atoms with Gasteiger partial charge in [-0.3, -0.25) is 4.79 Å². The second-order valence-electron chi connectivity index (χ2n) is 6.26. The summed E-state index contributed by atoms with van der Waals surface area (Å²) < 4.78 is 5.12. The van der Waals surface area contributed by atoms with E-state index in [2.05, 4.69) is 29.5 Å². The maximum atomic E-state index is 11.8. The Kier molecular flexibility index (Phi) is 7.84. The number of carbonyl (C=O) groups is 2. The third-order valence-corrected chi connectivity index (χ3v) is 4.24. The molecule has 0 saturated carbocycles. The Bertz CT molecular complexity index is 524. The monoisotopic (exact) mass is 359 g/mol. The van der Waals surface area contributed by atoms with Crippen molar-refractivity contribution in [2.75, 3.05) is 23.4 Å². The van der Waals surface area contributed by atoms with E-state index >= 15 is 0 Å². The summed E-state index contributed by atoms with van der Waals surface area (Å²) in [7, 11) is 0. The summed E-state index contributed by atoms with van der Waals surface area (Å²) in [5.74, 6) is 1.23. The fraction of sp³-hybridized carbons (Fsp3) is 0.667. The molecule has 130 valence electrons. The van der Waals surface area contributed by atoms with Crippen molar-refractivity contribution in [2.45, 2.75) is 46.1 Å². The second-order valence-corrected chi connectivity index (χ2v) is 8.22. The van der Waals surface area contributed by atoms with Crippen LogP contribution in [0.3, 0.4) is 0 Å². The van der Waals surface area contributed by atoms with E-state index in [0.29, 0.717) is 29.1 Å². The first kappa shape index (κ1) is 19.8. The molecule has 0 aromatic carbocycles. The lowest BCUT2D eigenvalue weighted by atomic mass is 10.2. The molecule has 0 aliphatic carbocycles. The summed E-state index contributed by atoms with van der Waals surface area (Å²) in [6, 6.07) is 0. The van der Waals surface area contributed by atoms with E-state index in [0.717, 1.165) is 5.69 Å². The number of alkyl carbamates (subject to hydrolysis) is 1. The number of thioether (sulfide) groups is 1. The molecule has 0 saturated heterocycles. The number of ether oxygens (including phenoxy) is 1. The zero-order valence-electron chi connectivity index (χ0n) is 14.3. The fourth-order valence-electron chi connectivity index (χ4n) is 1.47. The van der Waals surface area contributed by atoms with Gasteiger partial charge in [0.25, 0.3) is 0 Å². The lowest BCUT2D eigenvalue weighted by Crippen LogP contribution is -2.33. The molecule has 0 aliphatic heterocycles. The zero-order chi connectivity index (χ0) is 17.5. The van der Waals surface area contributed by atoms with E-state index in [1.54, 1.807) is 0 Å². The molecule has 0 radical (unpaired) electrons. The number of anilines is 1. The summed E-state index contributed by atoms with van der Waals surface area (Å²) in [4.78, 5) is 27.6. The number of thiazole rings is 1. The zero-order valence-corrected chi connectivity index (χ0v) is 15.9. The summed E-state index contributed by atoms with van der Waals surface area (Å²) >= 11 is 2.88. The van der Waals surface area contributed by atoms with Gasteiger partial charge in [0.05, 0.1) is 11.4 Å². The standard InChI is InChI=1S/C15H25N3O3S2/c1-10(2)11-8-23-13(17-11)18-12(19)9-22-7-6-16-14(20)21-15(3,4)5/h8,10H,6-7,9H2,1-5H3,(H,16,20)(H,17,18,19). The van der Waals surface area contributed by atoms with Crippen molar-refractivity contribution in [2.24, 2.45) is 0 Å². The first-order valence-electron chi connectivity index (χ1n) is 7.47. The number of aromatic nitrogens is 1. The Balaban J connectivity index is 2.15. The molecule has 0 spiro atoms. The molecule has 2 amide bonds. The van der Waals surface area contributed by atoms with E-state index in [9.17, 15) is 9.59 Å². The van der Waals surface area contributed by atoms with E-state index in [4.69, 9.17) is 4.74 Å². The molecule has 8 heteroatoms. The van der Waals surface area contributed by atoms with E-state index in [-0.39, 0.29) is 5.91 Å². The molecule has 0 aliphatic rings. The van der Waals surface area contributed by atoms with Crippen molar-refractivity contribution in [3.63, 3.8) is 0 Å². The number of carbonyl (C=O) groups excluding carboxylic acids is 2. The Morgan fingerprint density at radius 1 is 1.39 bits per heavy atom. The molecular formula is C15H25N3O3S2. The first-order chi connectivity index (χ1) is 10.7. The van der Waals surface area contributed by atoms with Gasteiger partial charge in [0.2, 0.25) is 5.91 Å². The summed E-state index contributed by atoms with van der Waals surface area (Å²) in [5, 5.41) is 8.03. The number of nitrogens with one attached hydrogen (secondary N) is 2. The van der Waals surface area contributed by atoms with Crippen molar-refractivity contribution in [1.29, 1.82) is 0 Å². The van der Waals surface area contributed by atoms with Crippen LogP contribution >= 0.6 is 23.1 Å². The average Bonchev–Trinajstić information content (AvgIpc) is 2.84. The van der Waals surface area contributed by atoms with Crippen LogP contribution in [0.5, 0.6) is 0 Å². The van der Waals surface area contributed by atoms with Gasteiger partial charge in [-0.15, -0.1) is 11.3 Å². The molecule has 1 aromatic rings. The van der Waals surface area contributed by atoms with Gasteiger partial charge in [0, 0.05) is 17.7 Å². The molecule has 23 heavy (non-hydrogen) atoms. The maximum absolute atomic E-state index is 11.8. The second kappa shape index (κ2) is 9.12. The Morgan fingerprint density at radius 2 is 2.09 bits per heavy atom. The number of amides is 2. The SMILES string of the molecule is CC(C)c1csc(NC(=O)CSCCNC(=O)OC(C)(C)C)n1. The normalized spacial score (nSPS) is 11.4. The largest absolute Gasteiger partial charge is 0.444 e. The van der Waals surface area contributed by atoms with E-state index in [1.807, 2.05) is 26.2 Å². The highest BCUT2D eigenvalue weighted by atomic mass is 32.2. The van der Waals surface area contributed by atoms with Crippen molar-refractivity contribution in [1.82, 2.24) is 10.3 Å². The molecule has 2 N–H and O–H groups in total. The maximum Gasteiger partial charge on any atom is 0.407 e. The van der Waals surface area contributed by atoms with Crippen LogP contribution in [-0.2, 0) is 9.53 Å². The highest BCUT2D eigenvalue weighted by Crippen LogP contribution is 2.21. The van der Waals surface area contributed by atoms with E-state index < -0.39 is 11.7 Å². The predicted molar refractivity (Wildman–Crippen MR) is 96.4 cm³/mol. The highest BCUT2D eigenvalue weighted by molar-refractivity contribution is 7.99. The van der Waals surface area contributed by atoms with Crippen LogP contribution < -0.4 is 10.6 Å². The van der Waals surface area contributed by atoms with Crippen LogP contribution in [0.1, 0.15) is 46.2 Å². The van der Waals surface area contributed by atoms with Crippen LogP contribution in [0.15, 0.2) is 5.38 Å². The third kappa shape index (κ3) is 8.80. The molecular weight excluding hydrogens is 334 g/mol. The third-order valence-electron chi connectivity index (χ3n) is 2.51. The molecule has 1 heterocycles. The Hall–Kier alpha value is -1.28. The van der Waals surface area contributed by atoms with Gasteiger partial charge < -0.3 is 15.4 Å². The lowest BCUT2D eigenvalue weighted by Gasteiger charge is -2.19. The van der Waals surface area contributed by atoms with Crippen molar-refractivity contribution >= 4 is 40.2 Å². The fourth-order valence-corrected chi connectivity index (χ4v) is 3.00. The number of hydrogen-bond donors (Lipinski definition) is 2. The summed E-state index contributed by atoms with van der Waals surface area (Å²) in [6.45, 7) is 10.0. The average molecular weight is 360 g/mol. The van der Waals surface area contributed by atoms with Gasteiger partial charge in [-0.05, 0) is 26.7 Å². The molecule has 6 nitrogen and oxygen atoms in total. The summed E-state index contributed by atoms with van der Waals surface area (Å²) in [6.07, 6.45) is -0.438. The lowest BCUT2D eigenvalue weighted by molar-refractivity contribution is -0.113. The number of rotatable bonds is 7. The van der Waals surface area contributed by atoms with Crippen LogP contribution in [0.4, 0.5) is 9.93 Å². The molecule has 0 fully saturated rings. The molecule has 1 rings (SSSR count). The van der Waals surface area contributed by atoms with Crippen LogP contribution in [0.2, 0.25) is 0 Å². The van der Waals surface area contributed by atoms with Crippen LogP contribution in [0.25, 0.3) is 0 Å². The van der Waals surface area contributed by atoms with Gasteiger partial charge in [-0.2, -0.15) is 11.8 Å². The van der Waals surface area contributed by atoms with Gasteiger partial charge in [0.1, 0.15) is 5.60 Å². The minimum absolute atomic E-state index is 0.0862. The molecule has 0 unspecified atom stereocenters. The van der Waals surface area contributed by atoms with Crippen LogP contribution in [0, 0.1) is 0 Å². The summed E-state index contributed by atoms with van der Waals surface area (Å²) in [5.41, 5.74) is 0.485. The molecule has 0 bridgehead atoms. The topological polar surface area (TPSA) is 80.3 Å². The molecule has 0 atom stereocenters. The van der Waals surface area contributed by atoms with Gasteiger partial charge in [0.15, 0.2) is 5.13 Å². The van der Waals surface area contributed by atoms with Crippen molar-refractivity contribution in [3.05, 3.63) is 11.1 Å². The van der Waals surface area contributed by atoms with E-state index in [1.165, 1.54) is 23.1 Å². The smallest absolute Gasteiger partial charge is 0.407 e. The molecule has 1 aromatic heterocycles. The minimum Gasteiger partial charge on any atom is -0.444 e. The van der Waals surface area contributed by atoms with Crippen LogP contribution in [-0.4, -0.2) is 40.6 Å². The van der Waals surface area contributed by atoms with Crippen molar-refractivity contribution in [3.8, 4) is 0 Å². The van der Waals surface area contributed by atoms with Gasteiger partial charge in [-0.1, -0.05) is 13.8 Å². The van der Waals surface area contributed by atoms with Gasteiger partial charge in [-0.25, -0.2) is 9.78 Å². The number of hydrogen-bond acceptors (Lipinski definition) is 6. The number of nitrogens with zero attached hydrogens (tertiary/aromatic N) is 1. The minimum atomic E-state index is -0.500. The first-order valence-corrected chi connectivity index (χ1v) is 9.50. The Labute approximate surface area is 145 Å². The highest BCUT2D eigenvalue weighted by Gasteiger charge is 2.15. The Morgan fingerprint density at radius 3 is 2.65 bits per heavy atom. The predicted octanol–water partition coefficient (Wildman–Crippen LogP) is 3.46. The van der Waals surface area contributed by atoms with Gasteiger partial charge >= 0.3 is 6.09 Å². The van der Waals surface area contributed by atoms with Crippen molar-refractivity contribution < 1.29 is 14.3 Å².